The van der Waals surface area contributed by atoms with Crippen LogP contribution in [0, 0.1) is 20.8 Å². The lowest BCUT2D eigenvalue weighted by molar-refractivity contribution is 1.28. The zero-order valence-corrected chi connectivity index (χ0v) is 28.7. The number of aromatic amines is 2. The highest BCUT2D eigenvalue weighted by molar-refractivity contribution is 6.00. The van der Waals surface area contributed by atoms with Crippen LogP contribution in [0.4, 0.5) is 0 Å². The van der Waals surface area contributed by atoms with Crippen molar-refractivity contribution in [3.63, 3.8) is 0 Å². The average Bonchev–Trinajstić information content (AvgIpc) is 3.99. The average molecular weight is 658 g/mol. The number of aromatic nitrogens is 5. The van der Waals surface area contributed by atoms with Crippen molar-refractivity contribution in [3.05, 3.63) is 161 Å². The molecule has 8 bridgehead atoms. The summed E-state index contributed by atoms with van der Waals surface area (Å²) in [6.07, 6.45) is 10.4. The van der Waals surface area contributed by atoms with Gasteiger partial charge in [0.15, 0.2) is 0 Å². The van der Waals surface area contributed by atoms with Gasteiger partial charge in [-0.25, -0.2) is 9.97 Å². The lowest BCUT2D eigenvalue weighted by Gasteiger charge is -2.09. The first-order chi connectivity index (χ1) is 25.0. The number of benzene rings is 3. The molecule has 6 heterocycles. The van der Waals surface area contributed by atoms with Crippen molar-refractivity contribution in [3.8, 4) is 44.6 Å². The summed E-state index contributed by atoms with van der Waals surface area (Å²) < 4.78 is 0. The van der Waals surface area contributed by atoms with E-state index >= 15 is 0 Å². The van der Waals surface area contributed by atoms with Gasteiger partial charge in [0.05, 0.1) is 34.0 Å². The molecule has 9 rings (SSSR count). The maximum atomic E-state index is 5.43. The van der Waals surface area contributed by atoms with Gasteiger partial charge in [-0.1, -0.05) is 78.9 Å². The molecule has 0 atom stereocenters. The summed E-state index contributed by atoms with van der Waals surface area (Å²) >= 11 is 0. The van der Waals surface area contributed by atoms with Crippen molar-refractivity contribution in [2.24, 2.45) is 0 Å². The molecule has 2 aliphatic heterocycles. The number of nitrogens with zero attached hydrogens (tertiary/aromatic N) is 3. The Morgan fingerprint density at radius 2 is 0.725 bits per heavy atom. The predicted molar refractivity (Wildman–Crippen MR) is 213 cm³/mol. The Morgan fingerprint density at radius 1 is 0.373 bits per heavy atom. The van der Waals surface area contributed by atoms with Crippen LogP contribution in [0.2, 0.25) is 0 Å². The summed E-state index contributed by atoms with van der Waals surface area (Å²) in [6, 6.07) is 40.2. The van der Waals surface area contributed by atoms with Crippen molar-refractivity contribution in [2.45, 2.75) is 20.8 Å². The van der Waals surface area contributed by atoms with Crippen LogP contribution in [-0.2, 0) is 0 Å². The molecule has 0 aliphatic carbocycles. The zero-order chi connectivity index (χ0) is 34.5. The van der Waals surface area contributed by atoms with Gasteiger partial charge in [-0.2, -0.15) is 0 Å². The topological polar surface area (TPSA) is 70.2 Å². The fraction of sp³-hybridized carbons (Fsp3) is 0.0652. The van der Waals surface area contributed by atoms with Gasteiger partial charge < -0.3 is 9.97 Å². The molecule has 0 amide bonds. The van der Waals surface area contributed by atoms with Crippen LogP contribution in [0.15, 0.2) is 121 Å². The Labute approximate surface area is 296 Å². The molecular weight excluding hydrogens is 623 g/mol. The van der Waals surface area contributed by atoms with Gasteiger partial charge >= 0.3 is 0 Å². The van der Waals surface area contributed by atoms with Crippen LogP contribution in [-0.4, -0.2) is 24.9 Å². The summed E-state index contributed by atoms with van der Waals surface area (Å²) in [6.45, 7) is 6.48. The molecule has 2 aliphatic rings. The van der Waals surface area contributed by atoms with E-state index in [9.17, 15) is 0 Å². The molecule has 51 heavy (non-hydrogen) atoms. The lowest BCUT2D eigenvalue weighted by atomic mass is 9.99. The molecule has 0 saturated carbocycles. The third kappa shape index (κ3) is 5.31. The fourth-order valence-corrected chi connectivity index (χ4v) is 7.40. The Kier molecular flexibility index (Phi) is 7.40. The van der Waals surface area contributed by atoms with Crippen molar-refractivity contribution < 1.29 is 0 Å². The monoisotopic (exact) mass is 657 g/mol. The highest BCUT2D eigenvalue weighted by atomic mass is 14.8. The van der Waals surface area contributed by atoms with E-state index in [0.717, 1.165) is 89.5 Å². The molecule has 0 saturated heterocycles. The Balaban J connectivity index is 1.51. The quantitative estimate of drug-likeness (QED) is 0.198. The number of H-pyrrole nitrogens is 2. The second-order valence-corrected chi connectivity index (χ2v) is 13.2. The summed E-state index contributed by atoms with van der Waals surface area (Å²) in [5.41, 5.74) is 19.3. The number of hydrogen-bond donors (Lipinski definition) is 2. The molecule has 244 valence electrons. The molecule has 0 radical (unpaired) electrons. The standard InChI is InChI=1S/C46H35N5/c1-28-12-4-7-15-31(28)43-35-19-21-37(48-35)44(32-16-8-5-13-29(32)2)39-23-25-41(50-39)46(34-18-10-11-27-47-34)42-26-24-40(51-42)45(38-22-20-36(43)49-38)33-17-9-6-14-30(33)3/h4-27,48,51H,1-3H3. The number of nitrogens with one attached hydrogen (secondary N) is 2. The highest BCUT2D eigenvalue weighted by Crippen LogP contribution is 2.39. The van der Waals surface area contributed by atoms with E-state index in [0.29, 0.717) is 0 Å². The fourth-order valence-electron chi connectivity index (χ4n) is 7.40. The highest BCUT2D eigenvalue weighted by Gasteiger charge is 2.20. The van der Waals surface area contributed by atoms with Crippen LogP contribution in [0.25, 0.3) is 91.0 Å². The first-order valence-electron chi connectivity index (χ1n) is 17.3. The van der Waals surface area contributed by atoms with Gasteiger partial charge in [0.1, 0.15) is 0 Å². The van der Waals surface area contributed by atoms with Crippen LogP contribution in [0.5, 0.6) is 0 Å². The molecule has 5 nitrogen and oxygen atoms in total. The largest absolute Gasteiger partial charge is 0.354 e. The van der Waals surface area contributed by atoms with Gasteiger partial charge in [-0.15, -0.1) is 0 Å². The van der Waals surface area contributed by atoms with Crippen molar-refractivity contribution in [1.82, 2.24) is 24.9 Å². The second-order valence-electron chi connectivity index (χ2n) is 13.2. The minimum Gasteiger partial charge on any atom is -0.354 e. The van der Waals surface area contributed by atoms with Crippen LogP contribution >= 0.6 is 0 Å². The third-order valence-corrected chi connectivity index (χ3v) is 9.92. The number of pyridine rings is 1. The van der Waals surface area contributed by atoms with Crippen LogP contribution < -0.4 is 0 Å². The van der Waals surface area contributed by atoms with E-state index in [1.165, 1.54) is 16.7 Å². The smallest absolute Gasteiger partial charge is 0.0753 e. The third-order valence-electron chi connectivity index (χ3n) is 9.92. The van der Waals surface area contributed by atoms with E-state index < -0.39 is 0 Å². The number of rotatable bonds is 4. The molecule has 2 N–H and O–H groups in total. The molecule has 3 aromatic carbocycles. The summed E-state index contributed by atoms with van der Waals surface area (Å²) in [5.74, 6) is 0. The molecule has 4 aromatic heterocycles. The molecule has 0 spiro atoms. The SMILES string of the molecule is Cc1ccccc1-c1c2nc(c(-c3ccccc3C)c3ccc([nH]3)c(-c3ccccc3C)c3nc(c(-c4ccccn4)c4ccc1[nH]4)C=C3)C=C2. The Hall–Kier alpha value is -6.59. The van der Waals surface area contributed by atoms with E-state index in [-0.39, 0.29) is 0 Å². The number of hydrogen-bond acceptors (Lipinski definition) is 3. The minimum atomic E-state index is 0.847. The molecule has 5 heteroatoms. The van der Waals surface area contributed by atoms with E-state index in [4.69, 9.17) is 15.0 Å². The van der Waals surface area contributed by atoms with E-state index in [1.54, 1.807) is 0 Å². The number of aryl methyl sites for hydroxylation is 3. The normalized spacial score (nSPS) is 12.1. The van der Waals surface area contributed by atoms with Gasteiger partial charge in [-0.3, -0.25) is 4.98 Å². The zero-order valence-electron chi connectivity index (χ0n) is 28.7. The first kappa shape index (κ1) is 30.5. The van der Waals surface area contributed by atoms with Gasteiger partial charge in [0.25, 0.3) is 0 Å². The lowest BCUT2D eigenvalue weighted by Crippen LogP contribution is -1.92. The van der Waals surface area contributed by atoms with Crippen molar-refractivity contribution in [1.29, 1.82) is 0 Å². The Bertz CT molecular complexity index is 2680. The first-order valence-corrected chi connectivity index (χ1v) is 17.3. The number of fused-ring (bicyclic) bond motifs is 8. The molecular formula is C46H35N5. The van der Waals surface area contributed by atoms with Crippen LogP contribution in [0.3, 0.4) is 0 Å². The van der Waals surface area contributed by atoms with Gasteiger partial charge in [0, 0.05) is 45.0 Å². The van der Waals surface area contributed by atoms with Crippen LogP contribution in [0.1, 0.15) is 39.5 Å². The predicted octanol–water partition coefficient (Wildman–Crippen LogP) is 11.6. The summed E-state index contributed by atoms with van der Waals surface area (Å²) in [5, 5.41) is 0. The van der Waals surface area contributed by atoms with Crippen molar-refractivity contribution in [2.75, 3.05) is 0 Å². The minimum absolute atomic E-state index is 0.847. The molecule has 0 fully saturated rings. The second kappa shape index (κ2) is 12.4. The molecule has 0 unspecified atom stereocenters. The maximum Gasteiger partial charge on any atom is 0.0753 e. The summed E-state index contributed by atoms with van der Waals surface area (Å²) in [7, 11) is 0. The Morgan fingerprint density at radius 3 is 1.10 bits per heavy atom. The summed E-state index contributed by atoms with van der Waals surface area (Å²) in [4.78, 5) is 23.3. The van der Waals surface area contributed by atoms with Gasteiger partial charge in [-0.05, 0) is 115 Å². The molecule has 7 aromatic rings. The van der Waals surface area contributed by atoms with E-state index in [2.05, 4.69) is 152 Å². The van der Waals surface area contributed by atoms with Crippen molar-refractivity contribution >= 4 is 46.4 Å². The van der Waals surface area contributed by atoms with E-state index in [1.807, 2.05) is 24.4 Å². The maximum absolute atomic E-state index is 5.43. The van der Waals surface area contributed by atoms with Gasteiger partial charge in [0.2, 0.25) is 0 Å².